The zero-order chi connectivity index (χ0) is 14.7. The molecule has 0 aliphatic rings. The monoisotopic (exact) mass is 290 g/mol. The maximum absolute atomic E-state index is 5.50. The molecule has 108 valence electrons. The zero-order valence-electron chi connectivity index (χ0n) is 12.7. The van der Waals surface area contributed by atoms with Gasteiger partial charge in [0.1, 0.15) is 10.8 Å². The summed E-state index contributed by atoms with van der Waals surface area (Å²) < 4.78 is 5.50. The van der Waals surface area contributed by atoms with Gasteiger partial charge in [-0.1, -0.05) is 18.2 Å². The van der Waals surface area contributed by atoms with E-state index in [0.29, 0.717) is 6.04 Å². The molecule has 20 heavy (non-hydrogen) atoms. The van der Waals surface area contributed by atoms with Crippen LogP contribution in [0.5, 0.6) is 5.75 Å². The summed E-state index contributed by atoms with van der Waals surface area (Å²) in [5.41, 5.74) is 2.24. The minimum atomic E-state index is 0.0727. The van der Waals surface area contributed by atoms with Crippen LogP contribution in [0.2, 0.25) is 0 Å². The quantitative estimate of drug-likeness (QED) is 0.908. The molecule has 4 heteroatoms. The van der Waals surface area contributed by atoms with Gasteiger partial charge in [-0.25, -0.2) is 4.98 Å². The predicted molar refractivity (Wildman–Crippen MR) is 84.7 cm³/mol. The third-order valence-corrected chi connectivity index (χ3v) is 4.38. The van der Waals surface area contributed by atoms with Crippen LogP contribution in [0.25, 0.3) is 0 Å². The normalized spacial score (nSPS) is 12.7. The van der Waals surface area contributed by atoms with Crippen LogP contribution in [0.1, 0.15) is 41.0 Å². The maximum Gasteiger partial charge on any atom is 0.124 e. The fraction of sp³-hybridized carbons (Fsp3) is 0.438. The number of aryl methyl sites for hydroxylation is 2. The average Bonchev–Trinajstić information content (AvgIpc) is 2.75. The molecule has 0 saturated carbocycles. The topological polar surface area (TPSA) is 34.1 Å². The van der Waals surface area contributed by atoms with Crippen LogP contribution in [-0.2, 0) is 0 Å². The van der Waals surface area contributed by atoms with Gasteiger partial charge in [0.25, 0.3) is 0 Å². The van der Waals surface area contributed by atoms with E-state index in [1.807, 2.05) is 18.2 Å². The summed E-state index contributed by atoms with van der Waals surface area (Å²) in [6.45, 7) is 8.47. The number of hydrogen-bond donors (Lipinski definition) is 1. The Balaban J connectivity index is 2.46. The van der Waals surface area contributed by atoms with Gasteiger partial charge in [0, 0.05) is 16.5 Å². The molecular formula is C16H22N2OS. The van der Waals surface area contributed by atoms with Gasteiger partial charge in [0.15, 0.2) is 0 Å². The van der Waals surface area contributed by atoms with Gasteiger partial charge in [-0.2, -0.15) is 0 Å². The first kappa shape index (κ1) is 15.0. The van der Waals surface area contributed by atoms with Crippen LogP contribution in [0.4, 0.5) is 0 Å². The summed E-state index contributed by atoms with van der Waals surface area (Å²) in [5, 5.41) is 4.69. The number of ether oxygens (including phenoxy) is 1. The molecule has 0 radical (unpaired) electrons. The van der Waals surface area contributed by atoms with E-state index in [2.05, 4.69) is 39.1 Å². The first-order valence-corrected chi connectivity index (χ1v) is 7.67. The number of para-hydroxylation sites is 1. The Labute approximate surface area is 125 Å². The Morgan fingerprint density at radius 2 is 1.90 bits per heavy atom. The van der Waals surface area contributed by atoms with Crippen molar-refractivity contribution in [3.05, 3.63) is 45.4 Å². The van der Waals surface area contributed by atoms with E-state index in [-0.39, 0.29) is 6.04 Å². The minimum Gasteiger partial charge on any atom is -0.496 e. The Bertz CT molecular complexity index is 558. The molecule has 0 bridgehead atoms. The van der Waals surface area contributed by atoms with E-state index in [4.69, 9.17) is 9.72 Å². The second-order valence-corrected chi connectivity index (χ2v) is 6.42. The minimum absolute atomic E-state index is 0.0727. The van der Waals surface area contributed by atoms with Gasteiger partial charge in [0.05, 0.1) is 18.8 Å². The molecular weight excluding hydrogens is 268 g/mol. The van der Waals surface area contributed by atoms with Crippen LogP contribution >= 0.6 is 11.3 Å². The molecule has 1 atom stereocenters. The lowest BCUT2D eigenvalue weighted by molar-refractivity contribution is 0.401. The van der Waals surface area contributed by atoms with Crippen molar-refractivity contribution < 1.29 is 4.74 Å². The molecule has 1 heterocycles. The Morgan fingerprint density at radius 3 is 2.45 bits per heavy atom. The van der Waals surface area contributed by atoms with Gasteiger partial charge >= 0.3 is 0 Å². The third kappa shape index (κ3) is 3.19. The summed E-state index contributed by atoms with van der Waals surface area (Å²) in [6, 6.07) is 8.58. The summed E-state index contributed by atoms with van der Waals surface area (Å²) in [5.74, 6) is 0.899. The Hall–Kier alpha value is -1.39. The average molecular weight is 290 g/mol. The lowest BCUT2D eigenvalue weighted by Gasteiger charge is -2.21. The molecule has 2 aromatic rings. The van der Waals surface area contributed by atoms with Crippen LogP contribution in [0.3, 0.4) is 0 Å². The molecule has 0 fully saturated rings. The third-order valence-electron chi connectivity index (χ3n) is 3.24. The van der Waals surface area contributed by atoms with E-state index in [1.165, 1.54) is 4.88 Å². The molecule has 0 aliphatic heterocycles. The standard InChI is InChI=1S/C16H22N2OS/c1-10(2)17-15(16-18-11(3)12(4)20-16)13-8-6-7-9-14(13)19-5/h6-10,15,17H,1-5H3. The number of aromatic nitrogens is 1. The van der Waals surface area contributed by atoms with Crippen molar-refractivity contribution in [2.24, 2.45) is 0 Å². The first-order valence-electron chi connectivity index (χ1n) is 6.85. The summed E-state index contributed by atoms with van der Waals surface area (Å²) in [4.78, 5) is 5.98. The van der Waals surface area contributed by atoms with E-state index in [0.717, 1.165) is 22.0 Å². The van der Waals surface area contributed by atoms with Gasteiger partial charge in [0.2, 0.25) is 0 Å². The number of thiazole rings is 1. The fourth-order valence-corrected chi connectivity index (χ4v) is 3.16. The number of nitrogens with one attached hydrogen (secondary N) is 1. The van der Waals surface area contributed by atoms with Crippen molar-refractivity contribution in [2.45, 2.75) is 39.8 Å². The smallest absolute Gasteiger partial charge is 0.124 e. The Kier molecular flexibility index (Phi) is 4.78. The number of methoxy groups -OCH3 is 1. The molecule has 0 spiro atoms. The second kappa shape index (κ2) is 6.37. The van der Waals surface area contributed by atoms with Crippen molar-refractivity contribution in [3.8, 4) is 5.75 Å². The van der Waals surface area contributed by atoms with E-state index < -0.39 is 0 Å². The predicted octanol–water partition coefficient (Wildman–Crippen LogP) is 3.86. The lowest BCUT2D eigenvalue weighted by Crippen LogP contribution is -2.29. The zero-order valence-corrected chi connectivity index (χ0v) is 13.5. The van der Waals surface area contributed by atoms with Crippen LogP contribution in [-0.4, -0.2) is 18.1 Å². The molecule has 3 nitrogen and oxygen atoms in total. The summed E-state index contributed by atoms with van der Waals surface area (Å²) in [6.07, 6.45) is 0. The number of hydrogen-bond acceptors (Lipinski definition) is 4. The summed E-state index contributed by atoms with van der Waals surface area (Å²) >= 11 is 1.75. The number of benzene rings is 1. The SMILES string of the molecule is COc1ccccc1C(NC(C)C)c1nc(C)c(C)s1. The molecule has 0 saturated heterocycles. The molecule has 1 aromatic carbocycles. The highest BCUT2D eigenvalue weighted by Crippen LogP contribution is 2.33. The molecule has 1 aromatic heterocycles. The van der Waals surface area contributed by atoms with Crippen LogP contribution < -0.4 is 10.1 Å². The highest BCUT2D eigenvalue weighted by molar-refractivity contribution is 7.11. The fourth-order valence-electron chi connectivity index (χ4n) is 2.15. The van der Waals surface area contributed by atoms with Crippen molar-refractivity contribution in [2.75, 3.05) is 7.11 Å². The molecule has 1 N–H and O–H groups in total. The molecule has 2 rings (SSSR count). The van der Waals surface area contributed by atoms with Crippen molar-refractivity contribution in [3.63, 3.8) is 0 Å². The first-order chi connectivity index (χ1) is 9.52. The van der Waals surface area contributed by atoms with E-state index >= 15 is 0 Å². The number of rotatable bonds is 5. The van der Waals surface area contributed by atoms with E-state index in [9.17, 15) is 0 Å². The van der Waals surface area contributed by atoms with Gasteiger partial charge in [-0.3, -0.25) is 0 Å². The van der Waals surface area contributed by atoms with E-state index in [1.54, 1.807) is 18.4 Å². The van der Waals surface area contributed by atoms with Crippen LogP contribution in [0.15, 0.2) is 24.3 Å². The van der Waals surface area contributed by atoms with Crippen molar-refractivity contribution in [1.29, 1.82) is 0 Å². The van der Waals surface area contributed by atoms with Gasteiger partial charge < -0.3 is 10.1 Å². The maximum atomic E-state index is 5.50. The Morgan fingerprint density at radius 1 is 1.20 bits per heavy atom. The van der Waals surface area contributed by atoms with Gasteiger partial charge in [-0.15, -0.1) is 11.3 Å². The van der Waals surface area contributed by atoms with Gasteiger partial charge in [-0.05, 0) is 33.8 Å². The number of nitrogens with zero attached hydrogens (tertiary/aromatic N) is 1. The largest absolute Gasteiger partial charge is 0.496 e. The second-order valence-electron chi connectivity index (χ2n) is 5.19. The highest BCUT2D eigenvalue weighted by Gasteiger charge is 2.22. The van der Waals surface area contributed by atoms with Crippen molar-refractivity contribution >= 4 is 11.3 Å². The molecule has 0 amide bonds. The van der Waals surface area contributed by atoms with Crippen molar-refractivity contribution in [1.82, 2.24) is 10.3 Å². The lowest BCUT2D eigenvalue weighted by atomic mass is 10.1. The van der Waals surface area contributed by atoms with Crippen LogP contribution in [0, 0.1) is 13.8 Å². The molecule has 1 unspecified atom stereocenters. The molecule has 0 aliphatic carbocycles. The highest BCUT2D eigenvalue weighted by atomic mass is 32.1. The summed E-state index contributed by atoms with van der Waals surface area (Å²) in [7, 11) is 1.71.